The van der Waals surface area contributed by atoms with E-state index in [-0.39, 0.29) is 0 Å². The number of benzene rings is 1. The van der Waals surface area contributed by atoms with Gasteiger partial charge in [-0.25, -0.2) is 0 Å². The molecule has 0 heterocycles. The Morgan fingerprint density at radius 1 is 1.19 bits per heavy atom. The van der Waals surface area contributed by atoms with E-state index in [0.717, 1.165) is 12.1 Å². The molecule has 2 nitrogen and oxygen atoms in total. The lowest BCUT2D eigenvalue weighted by molar-refractivity contribution is 0.182. The summed E-state index contributed by atoms with van der Waals surface area (Å²) >= 11 is 16.8. The predicted octanol–water partition coefficient (Wildman–Crippen LogP) is 3.15. The average Bonchev–Trinajstić information content (AvgIpc) is 2.15. The van der Waals surface area contributed by atoms with E-state index in [0.29, 0.717) is 5.56 Å². The van der Waals surface area contributed by atoms with Crippen LogP contribution in [-0.4, -0.2) is 27.9 Å². The van der Waals surface area contributed by atoms with Gasteiger partial charge < -0.3 is 10.0 Å². The molecule has 0 spiro atoms. The molecule has 0 saturated heterocycles. The summed E-state index contributed by atoms with van der Waals surface area (Å²) in [7, 11) is 3.98. The number of alkyl halides is 3. The Balaban J connectivity index is 2.79. The van der Waals surface area contributed by atoms with Crippen molar-refractivity contribution in [3.05, 3.63) is 35.4 Å². The van der Waals surface area contributed by atoms with Gasteiger partial charge in [0.25, 0.3) is 0 Å². The third-order valence-corrected chi connectivity index (χ3v) is 2.72. The van der Waals surface area contributed by atoms with E-state index in [4.69, 9.17) is 34.8 Å². The van der Waals surface area contributed by atoms with Crippen LogP contribution >= 0.6 is 34.8 Å². The van der Waals surface area contributed by atoms with E-state index < -0.39 is 9.90 Å². The van der Waals surface area contributed by atoms with Crippen LogP contribution in [0.5, 0.6) is 0 Å². The van der Waals surface area contributed by atoms with E-state index in [1.807, 2.05) is 26.2 Å². The van der Waals surface area contributed by atoms with Crippen LogP contribution in [0.15, 0.2) is 24.3 Å². The molecule has 1 aromatic carbocycles. The Morgan fingerprint density at radius 3 is 2.06 bits per heavy atom. The van der Waals surface area contributed by atoms with Gasteiger partial charge in [-0.05, 0) is 25.2 Å². The lowest BCUT2D eigenvalue weighted by Crippen LogP contribution is -2.16. The van der Waals surface area contributed by atoms with Gasteiger partial charge in [0.05, 0.1) is 0 Å². The summed E-state index contributed by atoms with van der Waals surface area (Å²) in [6.45, 7) is 0.837. The van der Waals surface area contributed by atoms with Crippen molar-refractivity contribution in [1.82, 2.24) is 4.90 Å². The fourth-order valence-corrected chi connectivity index (χ4v) is 1.74. The van der Waals surface area contributed by atoms with Crippen LogP contribution in [0.3, 0.4) is 0 Å². The van der Waals surface area contributed by atoms with Gasteiger partial charge in [0.1, 0.15) is 6.10 Å². The molecule has 1 unspecified atom stereocenters. The minimum Gasteiger partial charge on any atom is -0.384 e. The zero-order chi connectivity index (χ0) is 12.3. The number of halogens is 3. The zero-order valence-corrected chi connectivity index (χ0v) is 11.4. The molecule has 0 aliphatic heterocycles. The first kappa shape index (κ1) is 14.1. The number of nitrogens with zero attached hydrogens (tertiary/aromatic N) is 1. The second kappa shape index (κ2) is 5.56. The van der Waals surface area contributed by atoms with Gasteiger partial charge in [0.15, 0.2) is 0 Å². The first-order valence-corrected chi connectivity index (χ1v) is 5.92. The van der Waals surface area contributed by atoms with Gasteiger partial charge >= 0.3 is 0 Å². The third kappa shape index (κ3) is 4.11. The predicted molar refractivity (Wildman–Crippen MR) is 69.1 cm³/mol. The highest BCUT2D eigenvalue weighted by Gasteiger charge is 2.31. The Bertz CT molecular complexity index is 332. The summed E-state index contributed by atoms with van der Waals surface area (Å²) in [6, 6.07) is 7.36. The Morgan fingerprint density at radius 2 is 1.69 bits per heavy atom. The maximum atomic E-state index is 9.72. The summed E-state index contributed by atoms with van der Waals surface area (Å²) in [5, 5.41) is 9.72. The number of hydrogen-bond acceptors (Lipinski definition) is 2. The van der Waals surface area contributed by atoms with Crippen molar-refractivity contribution in [1.29, 1.82) is 0 Å². The van der Waals surface area contributed by atoms with Crippen molar-refractivity contribution in [2.75, 3.05) is 14.1 Å². The molecule has 0 bridgehead atoms. The van der Waals surface area contributed by atoms with Crippen LogP contribution in [0.25, 0.3) is 0 Å². The molecule has 0 amide bonds. The van der Waals surface area contributed by atoms with Crippen LogP contribution in [0, 0.1) is 0 Å². The molecule has 0 fully saturated rings. The Labute approximate surface area is 111 Å². The first-order chi connectivity index (χ1) is 7.30. The molecule has 1 N–H and O–H groups in total. The normalized spacial score (nSPS) is 14.2. The number of aliphatic hydroxyl groups excluding tert-OH is 1. The quantitative estimate of drug-likeness (QED) is 0.861. The lowest BCUT2D eigenvalue weighted by atomic mass is 10.1. The fourth-order valence-electron chi connectivity index (χ4n) is 1.36. The fraction of sp³-hybridized carbons (Fsp3) is 0.455. The van der Waals surface area contributed by atoms with Crippen molar-refractivity contribution >= 4 is 34.8 Å². The summed E-state index contributed by atoms with van der Waals surface area (Å²) < 4.78 is -1.69. The van der Waals surface area contributed by atoms with Crippen LogP contribution in [-0.2, 0) is 6.54 Å². The van der Waals surface area contributed by atoms with Gasteiger partial charge in [-0.1, -0.05) is 59.1 Å². The van der Waals surface area contributed by atoms with E-state index >= 15 is 0 Å². The zero-order valence-electron chi connectivity index (χ0n) is 9.12. The standard InChI is InChI=1S/C11H14Cl3NO/c1-15(2)7-8-3-5-9(6-4-8)10(16)11(12,13)14/h3-6,10,16H,7H2,1-2H3. The van der Waals surface area contributed by atoms with Crippen LogP contribution < -0.4 is 0 Å². The molecule has 16 heavy (non-hydrogen) atoms. The third-order valence-electron chi connectivity index (χ3n) is 2.10. The van der Waals surface area contributed by atoms with E-state index in [2.05, 4.69) is 4.90 Å². The number of aliphatic hydroxyl groups is 1. The van der Waals surface area contributed by atoms with Gasteiger partial charge in [-0.15, -0.1) is 0 Å². The van der Waals surface area contributed by atoms with Crippen LogP contribution in [0.4, 0.5) is 0 Å². The molecule has 90 valence electrons. The molecular weight excluding hydrogens is 268 g/mol. The maximum Gasteiger partial charge on any atom is 0.220 e. The second-order valence-electron chi connectivity index (χ2n) is 3.92. The Kier molecular flexibility index (Phi) is 4.89. The summed E-state index contributed by atoms with van der Waals surface area (Å²) in [4.78, 5) is 2.06. The Hall–Kier alpha value is 0.01000. The van der Waals surface area contributed by atoms with Gasteiger partial charge in [-0.2, -0.15) is 0 Å². The van der Waals surface area contributed by atoms with Crippen molar-refractivity contribution in [2.24, 2.45) is 0 Å². The van der Waals surface area contributed by atoms with Crippen molar-refractivity contribution in [2.45, 2.75) is 16.4 Å². The SMILES string of the molecule is CN(C)Cc1ccc(C(O)C(Cl)(Cl)Cl)cc1. The highest BCUT2D eigenvalue weighted by molar-refractivity contribution is 6.68. The van der Waals surface area contributed by atoms with Crippen molar-refractivity contribution in [3.63, 3.8) is 0 Å². The molecule has 1 aromatic rings. The highest BCUT2D eigenvalue weighted by atomic mass is 35.6. The van der Waals surface area contributed by atoms with Crippen molar-refractivity contribution < 1.29 is 5.11 Å². The van der Waals surface area contributed by atoms with E-state index in [1.165, 1.54) is 0 Å². The van der Waals surface area contributed by atoms with Crippen LogP contribution in [0.1, 0.15) is 17.2 Å². The molecule has 0 aromatic heterocycles. The van der Waals surface area contributed by atoms with Crippen molar-refractivity contribution in [3.8, 4) is 0 Å². The topological polar surface area (TPSA) is 23.5 Å². The molecule has 0 saturated carbocycles. The molecule has 0 aliphatic rings. The van der Waals surface area contributed by atoms with Gasteiger partial charge in [0.2, 0.25) is 3.79 Å². The minimum absolute atomic E-state index is 0.600. The summed E-state index contributed by atoms with van der Waals surface area (Å²) in [6.07, 6.45) is -1.11. The second-order valence-corrected chi connectivity index (χ2v) is 6.29. The molecule has 5 heteroatoms. The maximum absolute atomic E-state index is 9.72. The summed E-state index contributed by atoms with van der Waals surface area (Å²) in [5.74, 6) is 0. The van der Waals surface area contributed by atoms with E-state index in [9.17, 15) is 5.11 Å². The van der Waals surface area contributed by atoms with Gasteiger partial charge in [-0.3, -0.25) is 0 Å². The summed E-state index contributed by atoms with van der Waals surface area (Å²) in [5.41, 5.74) is 1.74. The number of rotatable bonds is 3. The van der Waals surface area contributed by atoms with E-state index in [1.54, 1.807) is 12.1 Å². The average molecular weight is 283 g/mol. The number of hydrogen-bond donors (Lipinski definition) is 1. The largest absolute Gasteiger partial charge is 0.384 e. The lowest BCUT2D eigenvalue weighted by Gasteiger charge is -2.19. The molecule has 0 radical (unpaired) electrons. The minimum atomic E-state index is -1.69. The highest BCUT2D eigenvalue weighted by Crippen LogP contribution is 2.39. The van der Waals surface area contributed by atoms with Gasteiger partial charge in [0, 0.05) is 6.54 Å². The molecule has 1 rings (SSSR count). The smallest absolute Gasteiger partial charge is 0.220 e. The van der Waals surface area contributed by atoms with Crippen LogP contribution in [0.2, 0.25) is 0 Å². The molecule has 1 atom stereocenters. The monoisotopic (exact) mass is 281 g/mol. The molecular formula is C11H14Cl3NO. The first-order valence-electron chi connectivity index (χ1n) is 4.79. The molecule has 0 aliphatic carbocycles.